The summed E-state index contributed by atoms with van der Waals surface area (Å²) >= 11 is 9.55. The predicted molar refractivity (Wildman–Crippen MR) is 142 cm³/mol. The van der Waals surface area contributed by atoms with Gasteiger partial charge in [-0.15, -0.1) is 5.10 Å². The van der Waals surface area contributed by atoms with E-state index < -0.39 is 11.9 Å². The van der Waals surface area contributed by atoms with Gasteiger partial charge in [0.1, 0.15) is 23.4 Å². The van der Waals surface area contributed by atoms with Gasteiger partial charge in [-0.3, -0.25) is 9.67 Å². The van der Waals surface area contributed by atoms with Crippen LogP contribution in [-0.4, -0.2) is 20.0 Å². The Labute approximate surface area is 223 Å². The minimum atomic E-state index is -0.544. The average Bonchev–Trinajstić information content (AvgIpc) is 3.31. The molecule has 7 nitrogen and oxygen atoms in total. The van der Waals surface area contributed by atoms with E-state index in [0.717, 1.165) is 5.56 Å². The SMILES string of the molecule is Cn1cc(C(Nc2cc(Br)c3ncc(C#N)c(Nc4ccc(F)c(Cl)c4)c3c2)c2ccc(F)cc2)nn1. The maximum Gasteiger partial charge on any atom is 0.141 e. The molecule has 0 bridgehead atoms. The lowest BCUT2D eigenvalue weighted by atomic mass is 10.0. The lowest BCUT2D eigenvalue weighted by molar-refractivity contribution is 0.626. The molecule has 2 heterocycles. The normalized spacial score (nSPS) is 11.8. The molecule has 1 unspecified atom stereocenters. The van der Waals surface area contributed by atoms with Crippen molar-refractivity contribution in [2.45, 2.75) is 6.04 Å². The van der Waals surface area contributed by atoms with E-state index in [1.165, 1.54) is 36.5 Å². The number of nitrogens with zero attached hydrogens (tertiary/aromatic N) is 5. The van der Waals surface area contributed by atoms with Gasteiger partial charge in [0.2, 0.25) is 0 Å². The van der Waals surface area contributed by atoms with Gasteiger partial charge in [-0.1, -0.05) is 28.9 Å². The summed E-state index contributed by atoms with van der Waals surface area (Å²) in [4.78, 5) is 4.44. The number of hydrogen-bond donors (Lipinski definition) is 2. The fourth-order valence-corrected chi connectivity index (χ4v) is 4.67. The second-order valence-electron chi connectivity index (χ2n) is 8.21. The van der Waals surface area contributed by atoms with Crippen LogP contribution >= 0.6 is 27.5 Å². The smallest absolute Gasteiger partial charge is 0.141 e. The fourth-order valence-electron chi connectivity index (χ4n) is 3.93. The molecular weight excluding hydrogens is 564 g/mol. The standard InChI is InChI=1S/C26H17BrClF2N7/c1-37-13-23(35-36-37)25(14-2-4-16(29)5-3-14)34-18-8-19-24(33-17-6-7-22(30)21(28)10-17)15(11-31)12-32-26(19)20(27)9-18/h2-10,12-13,25,34H,1H3,(H,32,33). The highest BCUT2D eigenvalue weighted by molar-refractivity contribution is 9.10. The highest BCUT2D eigenvalue weighted by Crippen LogP contribution is 2.37. The second kappa shape index (κ2) is 10.1. The third-order valence-electron chi connectivity index (χ3n) is 5.66. The van der Waals surface area contributed by atoms with Gasteiger partial charge >= 0.3 is 0 Å². The number of halogens is 4. The van der Waals surface area contributed by atoms with Crippen molar-refractivity contribution in [1.29, 1.82) is 5.26 Å². The van der Waals surface area contributed by atoms with Crippen molar-refractivity contribution in [1.82, 2.24) is 20.0 Å². The molecule has 0 fully saturated rings. The molecule has 0 amide bonds. The number of fused-ring (bicyclic) bond motifs is 1. The third-order valence-corrected chi connectivity index (χ3v) is 6.56. The molecule has 37 heavy (non-hydrogen) atoms. The van der Waals surface area contributed by atoms with Crippen molar-refractivity contribution in [3.8, 4) is 6.07 Å². The molecule has 0 aliphatic carbocycles. The van der Waals surface area contributed by atoms with Crippen molar-refractivity contribution in [2.24, 2.45) is 7.05 Å². The van der Waals surface area contributed by atoms with E-state index in [0.29, 0.717) is 43.7 Å². The monoisotopic (exact) mass is 579 g/mol. The van der Waals surface area contributed by atoms with Crippen LogP contribution in [0, 0.1) is 23.0 Å². The van der Waals surface area contributed by atoms with Gasteiger partial charge in [-0.25, -0.2) is 8.78 Å². The molecular formula is C26H17BrClF2N7. The molecule has 2 aromatic heterocycles. The largest absolute Gasteiger partial charge is 0.373 e. The lowest BCUT2D eigenvalue weighted by Gasteiger charge is -2.20. The predicted octanol–water partition coefficient (Wildman–Crippen LogP) is 6.87. The first-order valence-electron chi connectivity index (χ1n) is 10.9. The van der Waals surface area contributed by atoms with E-state index in [1.807, 2.05) is 12.1 Å². The Hall–Kier alpha value is -4.07. The molecule has 0 radical (unpaired) electrons. The number of rotatable bonds is 6. The summed E-state index contributed by atoms with van der Waals surface area (Å²) in [7, 11) is 1.76. The number of aromatic nitrogens is 4. The van der Waals surface area contributed by atoms with Gasteiger partial charge in [0.05, 0.1) is 34.0 Å². The topological polar surface area (TPSA) is 91.5 Å². The average molecular weight is 581 g/mol. The van der Waals surface area contributed by atoms with Crippen LogP contribution < -0.4 is 10.6 Å². The Bertz CT molecular complexity index is 1660. The minimum absolute atomic E-state index is 0.0449. The zero-order valence-corrected chi connectivity index (χ0v) is 21.5. The molecule has 1 atom stereocenters. The highest BCUT2D eigenvalue weighted by atomic mass is 79.9. The lowest BCUT2D eigenvalue weighted by Crippen LogP contribution is -2.13. The number of benzene rings is 3. The van der Waals surface area contributed by atoms with Gasteiger partial charge in [0.25, 0.3) is 0 Å². The quantitative estimate of drug-likeness (QED) is 0.228. The number of nitrogens with one attached hydrogen (secondary N) is 2. The van der Waals surface area contributed by atoms with E-state index in [4.69, 9.17) is 11.6 Å². The number of hydrogen-bond acceptors (Lipinski definition) is 6. The summed E-state index contributed by atoms with van der Waals surface area (Å²) < 4.78 is 29.6. The molecule has 5 aromatic rings. The Kier molecular flexibility index (Phi) is 6.74. The summed E-state index contributed by atoms with van der Waals surface area (Å²) in [5.41, 5.74) is 3.98. The van der Waals surface area contributed by atoms with Crippen LogP contribution in [0.25, 0.3) is 10.9 Å². The zero-order valence-electron chi connectivity index (χ0n) is 19.2. The van der Waals surface area contributed by atoms with Crippen LogP contribution in [0.5, 0.6) is 0 Å². The first-order chi connectivity index (χ1) is 17.8. The number of nitriles is 1. The number of anilines is 3. The van der Waals surface area contributed by atoms with Gasteiger partial charge in [0, 0.05) is 34.5 Å². The van der Waals surface area contributed by atoms with E-state index in [-0.39, 0.29) is 10.8 Å². The molecule has 184 valence electrons. The van der Waals surface area contributed by atoms with E-state index in [9.17, 15) is 14.0 Å². The van der Waals surface area contributed by atoms with Crippen LogP contribution in [0.4, 0.5) is 25.8 Å². The van der Waals surface area contributed by atoms with Crippen molar-refractivity contribution in [3.63, 3.8) is 0 Å². The van der Waals surface area contributed by atoms with Crippen LogP contribution in [0.1, 0.15) is 22.9 Å². The molecule has 3 aromatic carbocycles. The van der Waals surface area contributed by atoms with E-state index >= 15 is 0 Å². The van der Waals surface area contributed by atoms with E-state index in [2.05, 4.69) is 47.9 Å². The first kappa shape index (κ1) is 24.6. The second-order valence-corrected chi connectivity index (χ2v) is 9.47. The number of aryl methyl sites for hydroxylation is 1. The van der Waals surface area contributed by atoms with Crippen molar-refractivity contribution in [2.75, 3.05) is 10.6 Å². The summed E-state index contributed by atoms with van der Waals surface area (Å²) in [6.07, 6.45) is 3.24. The van der Waals surface area contributed by atoms with Crippen LogP contribution in [-0.2, 0) is 7.05 Å². The Morgan fingerprint density at radius 1 is 1.08 bits per heavy atom. The Morgan fingerprint density at radius 3 is 2.54 bits per heavy atom. The maximum atomic E-state index is 13.7. The summed E-state index contributed by atoms with van der Waals surface area (Å²) in [5, 5.41) is 25.3. The van der Waals surface area contributed by atoms with Gasteiger partial charge in [-0.05, 0) is 64.0 Å². The Morgan fingerprint density at radius 2 is 1.86 bits per heavy atom. The molecule has 0 saturated heterocycles. The van der Waals surface area contributed by atoms with Crippen LogP contribution in [0.2, 0.25) is 5.02 Å². The molecule has 0 spiro atoms. The van der Waals surface area contributed by atoms with Gasteiger partial charge < -0.3 is 10.6 Å². The highest BCUT2D eigenvalue weighted by Gasteiger charge is 2.20. The van der Waals surface area contributed by atoms with Crippen molar-refractivity contribution >= 4 is 55.5 Å². The van der Waals surface area contributed by atoms with E-state index in [1.54, 1.807) is 30.1 Å². The molecule has 5 rings (SSSR count). The minimum Gasteiger partial charge on any atom is -0.373 e. The van der Waals surface area contributed by atoms with Crippen molar-refractivity contribution in [3.05, 3.63) is 105 Å². The van der Waals surface area contributed by atoms with Crippen molar-refractivity contribution < 1.29 is 8.78 Å². The zero-order chi connectivity index (χ0) is 26.1. The molecule has 0 saturated carbocycles. The summed E-state index contributed by atoms with van der Waals surface area (Å²) in [6, 6.07) is 15.7. The van der Waals surface area contributed by atoms with Crippen LogP contribution in [0.15, 0.2) is 71.5 Å². The Balaban J connectivity index is 1.61. The summed E-state index contributed by atoms with van der Waals surface area (Å²) in [6.45, 7) is 0. The van der Waals surface area contributed by atoms with Gasteiger partial charge in [0.15, 0.2) is 0 Å². The van der Waals surface area contributed by atoms with Gasteiger partial charge in [-0.2, -0.15) is 5.26 Å². The molecule has 0 aliphatic rings. The summed E-state index contributed by atoms with van der Waals surface area (Å²) in [5.74, 6) is -0.890. The molecule has 11 heteroatoms. The maximum absolute atomic E-state index is 13.7. The fraction of sp³-hybridized carbons (Fsp3) is 0.0769. The third kappa shape index (κ3) is 5.09. The number of pyridine rings is 1. The molecule has 2 N–H and O–H groups in total. The first-order valence-corrected chi connectivity index (χ1v) is 12.1. The molecule has 0 aliphatic heterocycles. The van der Waals surface area contributed by atoms with Crippen LogP contribution in [0.3, 0.4) is 0 Å².